The van der Waals surface area contributed by atoms with Gasteiger partial charge in [0.25, 0.3) is 0 Å². The molecule has 2 heterocycles. The van der Waals surface area contributed by atoms with E-state index < -0.39 is 6.04 Å². The molecule has 2 aliphatic rings. The molecule has 0 unspecified atom stereocenters. The Bertz CT molecular complexity index is 610. The molecule has 6 nitrogen and oxygen atoms in total. The number of benzene rings is 1. The van der Waals surface area contributed by atoms with E-state index in [-0.39, 0.29) is 17.4 Å². The highest BCUT2D eigenvalue weighted by Gasteiger charge is 2.43. The Morgan fingerprint density at radius 2 is 1.72 bits per heavy atom. The summed E-state index contributed by atoms with van der Waals surface area (Å²) in [5, 5.41) is 0. The van der Waals surface area contributed by atoms with Gasteiger partial charge in [-0.3, -0.25) is 4.79 Å². The highest BCUT2D eigenvalue weighted by Crippen LogP contribution is 2.40. The van der Waals surface area contributed by atoms with E-state index >= 15 is 0 Å². The Balaban J connectivity index is 1.47. The molecule has 1 spiro atoms. The quantitative estimate of drug-likeness (QED) is 0.909. The Hall–Kier alpha value is -2.08. The van der Waals surface area contributed by atoms with Crippen molar-refractivity contribution in [2.24, 2.45) is 11.1 Å². The Morgan fingerprint density at radius 1 is 1.12 bits per heavy atom. The van der Waals surface area contributed by atoms with Crippen molar-refractivity contribution in [2.75, 3.05) is 26.2 Å². The molecule has 2 aliphatic heterocycles. The zero-order chi connectivity index (χ0) is 17.9. The second-order valence-electron chi connectivity index (χ2n) is 7.33. The van der Waals surface area contributed by atoms with E-state index in [2.05, 4.69) is 0 Å². The van der Waals surface area contributed by atoms with Crippen LogP contribution < -0.4 is 5.73 Å². The normalized spacial score (nSPS) is 20.6. The number of rotatable bonds is 3. The maximum absolute atomic E-state index is 12.3. The molecule has 0 aromatic heterocycles. The van der Waals surface area contributed by atoms with Crippen LogP contribution in [0.4, 0.5) is 4.79 Å². The first-order chi connectivity index (χ1) is 12.0. The van der Waals surface area contributed by atoms with Crippen molar-refractivity contribution in [2.45, 2.75) is 38.8 Å². The van der Waals surface area contributed by atoms with Crippen molar-refractivity contribution in [3.8, 4) is 0 Å². The smallest absolute Gasteiger partial charge is 0.410 e. The molecule has 0 aliphatic carbocycles. The molecule has 0 radical (unpaired) electrons. The first-order valence-corrected chi connectivity index (χ1v) is 8.99. The van der Waals surface area contributed by atoms with Gasteiger partial charge in [-0.05, 0) is 37.2 Å². The topological polar surface area (TPSA) is 75.9 Å². The zero-order valence-electron chi connectivity index (χ0n) is 14.8. The molecule has 2 N–H and O–H groups in total. The summed E-state index contributed by atoms with van der Waals surface area (Å²) in [6.07, 6.45) is 2.57. The third-order valence-electron chi connectivity index (χ3n) is 5.43. The van der Waals surface area contributed by atoms with Crippen LogP contribution in [0.1, 0.15) is 31.7 Å². The van der Waals surface area contributed by atoms with E-state index in [1.54, 1.807) is 11.8 Å². The van der Waals surface area contributed by atoms with Crippen LogP contribution in [0.25, 0.3) is 0 Å². The van der Waals surface area contributed by atoms with Crippen LogP contribution in [0, 0.1) is 5.41 Å². The number of carbonyl (C=O) groups excluding carboxylic acids is 2. The minimum atomic E-state index is -0.441. The molecular formula is C19H27N3O3. The number of nitrogens with zero attached hydrogens (tertiary/aromatic N) is 2. The number of nitrogens with two attached hydrogens (primary N) is 1. The van der Waals surface area contributed by atoms with Crippen LogP contribution in [0.2, 0.25) is 0 Å². The first kappa shape index (κ1) is 17.7. The first-order valence-electron chi connectivity index (χ1n) is 8.99. The van der Waals surface area contributed by atoms with Crippen LogP contribution in [0.5, 0.6) is 0 Å². The summed E-state index contributed by atoms with van der Waals surface area (Å²) in [7, 11) is 0. The van der Waals surface area contributed by atoms with E-state index in [1.165, 1.54) is 0 Å². The number of hydrogen-bond acceptors (Lipinski definition) is 4. The molecule has 25 heavy (non-hydrogen) atoms. The Labute approximate surface area is 148 Å². The Morgan fingerprint density at radius 3 is 2.32 bits per heavy atom. The number of ether oxygens (including phenoxy) is 1. The van der Waals surface area contributed by atoms with Gasteiger partial charge in [0, 0.05) is 26.2 Å². The summed E-state index contributed by atoms with van der Waals surface area (Å²) in [6, 6.07) is 9.26. The fourth-order valence-electron chi connectivity index (χ4n) is 3.79. The highest BCUT2D eigenvalue weighted by molar-refractivity contribution is 5.81. The predicted octanol–water partition coefficient (Wildman–Crippen LogP) is 1.98. The molecule has 6 heteroatoms. The summed E-state index contributed by atoms with van der Waals surface area (Å²) in [5.41, 5.74) is 6.85. The van der Waals surface area contributed by atoms with Gasteiger partial charge in [0.05, 0.1) is 6.04 Å². The van der Waals surface area contributed by atoms with Gasteiger partial charge in [-0.25, -0.2) is 4.79 Å². The van der Waals surface area contributed by atoms with E-state index in [9.17, 15) is 9.59 Å². The summed E-state index contributed by atoms with van der Waals surface area (Å²) in [5.74, 6) is 0.0292. The molecule has 1 aromatic rings. The van der Waals surface area contributed by atoms with Crippen molar-refractivity contribution in [1.29, 1.82) is 0 Å². The molecular weight excluding hydrogens is 318 g/mol. The maximum atomic E-state index is 12.3. The number of carbonyl (C=O) groups is 2. The molecule has 3 rings (SSSR count). The van der Waals surface area contributed by atoms with Crippen LogP contribution >= 0.6 is 0 Å². The number of amides is 2. The van der Waals surface area contributed by atoms with E-state index in [4.69, 9.17) is 10.5 Å². The van der Waals surface area contributed by atoms with Gasteiger partial charge in [-0.15, -0.1) is 0 Å². The number of piperidine rings is 1. The summed E-state index contributed by atoms with van der Waals surface area (Å²) in [4.78, 5) is 28.0. The van der Waals surface area contributed by atoms with Crippen molar-refractivity contribution in [3.05, 3.63) is 35.9 Å². The van der Waals surface area contributed by atoms with Gasteiger partial charge in [0.1, 0.15) is 6.61 Å². The fraction of sp³-hybridized carbons (Fsp3) is 0.579. The zero-order valence-corrected chi connectivity index (χ0v) is 14.8. The SMILES string of the molecule is C[C@@H](N)C(=O)N1CCC2(CCN(C(=O)OCc3ccccc3)CC2)C1. The average molecular weight is 345 g/mol. The lowest BCUT2D eigenvalue weighted by Crippen LogP contribution is -2.46. The fourth-order valence-corrected chi connectivity index (χ4v) is 3.79. The lowest BCUT2D eigenvalue weighted by atomic mass is 9.78. The monoisotopic (exact) mass is 345 g/mol. The van der Waals surface area contributed by atoms with Crippen molar-refractivity contribution in [3.63, 3.8) is 0 Å². The van der Waals surface area contributed by atoms with E-state index in [0.29, 0.717) is 19.7 Å². The lowest BCUT2D eigenvalue weighted by molar-refractivity contribution is -0.131. The van der Waals surface area contributed by atoms with Gasteiger partial charge in [-0.1, -0.05) is 30.3 Å². The summed E-state index contributed by atoms with van der Waals surface area (Å²) in [6.45, 7) is 4.96. The second-order valence-corrected chi connectivity index (χ2v) is 7.33. The predicted molar refractivity (Wildman–Crippen MR) is 94.7 cm³/mol. The molecule has 0 bridgehead atoms. The van der Waals surface area contributed by atoms with E-state index in [0.717, 1.165) is 37.9 Å². The van der Waals surface area contributed by atoms with Crippen LogP contribution in [0.15, 0.2) is 30.3 Å². The van der Waals surface area contributed by atoms with Crippen LogP contribution in [-0.4, -0.2) is 54.0 Å². The molecule has 0 saturated carbocycles. The van der Waals surface area contributed by atoms with Gasteiger partial charge in [-0.2, -0.15) is 0 Å². The summed E-state index contributed by atoms with van der Waals surface area (Å²) >= 11 is 0. The Kier molecular flexibility index (Phi) is 5.27. The third-order valence-corrected chi connectivity index (χ3v) is 5.43. The van der Waals surface area contributed by atoms with Crippen molar-refractivity contribution in [1.82, 2.24) is 9.80 Å². The van der Waals surface area contributed by atoms with Gasteiger partial charge >= 0.3 is 6.09 Å². The molecule has 1 aromatic carbocycles. The molecule has 2 saturated heterocycles. The van der Waals surface area contributed by atoms with Crippen LogP contribution in [0.3, 0.4) is 0 Å². The highest BCUT2D eigenvalue weighted by atomic mass is 16.6. The van der Waals surface area contributed by atoms with Gasteiger partial charge in [0.2, 0.25) is 5.91 Å². The van der Waals surface area contributed by atoms with Gasteiger partial charge in [0.15, 0.2) is 0 Å². The molecule has 136 valence electrons. The van der Waals surface area contributed by atoms with Crippen molar-refractivity contribution >= 4 is 12.0 Å². The van der Waals surface area contributed by atoms with Crippen LogP contribution in [-0.2, 0) is 16.1 Å². The van der Waals surface area contributed by atoms with Gasteiger partial charge < -0.3 is 20.3 Å². The molecule has 2 amide bonds. The third kappa shape index (κ3) is 4.12. The largest absolute Gasteiger partial charge is 0.445 e. The summed E-state index contributed by atoms with van der Waals surface area (Å²) < 4.78 is 5.42. The average Bonchev–Trinajstić information content (AvgIpc) is 3.04. The van der Waals surface area contributed by atoms with Crippen molar-refractivity contribution < 1.29 is 14.3 Å². The molecule has 2 fully saturated rings. The second kappa shape index (κ2) is 7.44. The number of likely N-dealkylation sites (tertiary alicyclic amines) is 2. The molecule has 1 atom stereocenters. The standard InChI is InChI=1S/C19H27N3O3/c1-15(20)17(23)22-12-9-19(14-22)7-10-21(11-8-19)18(24)25-13-16-5-3-2-4-6-16/h2-6,15H,7-14,20H2,1H3/t15-/m1/s1. The lowest BCUT2D eigenvalue weighted by Gasteiger charge is -2.38. The van der Waals surface area contributed by atoms with E-state index in [1.807, 2.05) is 35.2 Å². The number of hydrogen-bond donors (Lipinski definition) is 1. The minimum Gasteiger partial charge on any atom is -0.445 e. The maximum Gasteiger partial charge on any atom is 0.410 e. The minimum absolute atomic E-state index is 0.0292.